The van der Waals surface area contributed by atoms with Crippen molar-refractivity contribution in [1.82, 2.24) is 19.6 Å². The average molecular weight is 663 g/mol. The van der Waals surface area contributed by atoms with Crippen LogP contribution in [0.15, 0.2) is 36.4 Å². The molecule has 4 aliphatic heterocycles. The van der Waals surface area contributed by atoms with Crippen LogP contribution in [0.3, 0.4) is 0 Å². The Morgan fingerprint density at radius 2 is 1.60 bits per heavy atom. The fraction of sp³-hybridized carbons (Fsp3) is 0.595. The Kier molecular flexibility index (Phi) is 10.9. The van der Waals surface area contributed by atoms with Gasteiger partial charge in [-0.15, -0.1) is 0 Å². The van der Waals surface area contributed by atoms with Gasteiger partial charge in [0.2, 0.25) is 11.8 Å². The van der Waals surface area contributed by atoms with Gasteiger partial charge < -0.3 is 30.7 Å². The van der Waals surface area contributed by atoms with E-state index in [2.05, 4.69) is 16.3 Å². The molecule has 1 atom stereocenters. The fourth-order valence-electron chi connectivity index (χ4n) is 8.18. The molecule has 0 bridgehead atoms. The number of nitrogen functional groups attached to an aromatic ring is 1. The van der Waals surface area contributed by atoms with E-state index in [9.17, 15) is 14.4 Å². The Labute approximate surface area is 284 Å². The number of fused-ring (bicyclic) bond motifs is 1. The molecule has 4 heterocycles. The molecule has 3 fully saturated rings. The van der Waals surface area contributed by atoms with Gasteiger partial charge in [-0.3, -0.25) is 9.59 Å². The summed E-state index contributed by atoms with van der Waals surface area (Å²) in [7, 11) is 0. The molecule has 4 aliphatic rings. The maximum absolute atomic E-state index is 14.2. The Hall–Kier alpha value is -3.30. The van der Waals surface area contributed by atoms with Crippen LogP contribution >= 0.6 is 11.6 Å². The van der Waals surface area contributed by atoms with E-state index < -0.39 is 5.92 Å². The number of hydrogen-bond donors (Lipinski definition) is 2. The van der Waals surface area contributed by atoms with Crippen LogP contribution in [0, 0.1) is 5.92 Å². The maximum Gasteiger partial charge on any atom is 0.322 e. The number of nitrogens with zero attached hydrogens (tertiary/aromatic N) is 4. The van der Waals surface area contributed by atoms with E-state index in [-0.39, 0.29) is 30.3 Å². The molecule has 3 saturated heterocycles. The number of para-hydroxylation sites is 1. The smallest absolute Gasteiger partial charge is 0.322 e. The zero-order valence-electron chi connectivity index (χ0n) is 27.9. The van der Waals surface area contributed by atoms with Crippen LogP contribution in [0.4, 0.5) is 16.2 Å². The van der Waals surface area contributed by atoms with Crippen molar-refractivity contribution < 1.29 is 14.4 Å². The van der Waals surface area contributed by atoms with Crippen LogP contribution in [0.2, 0.25) is 5.02 Å². The number of nitrogens with one attached hydrogen (secondary N) is 1. The number of hydrogen-bond acceptors (Lipinski definition) is 5. The van der Waals surface area contributed by atoms with Gasteiger partial charge in [0, 0.05) is 56.9 Å². The zero-order chi connectivity index (χ0) is 32.9. The minimum atomic E-state index is -0.467. The molecule has 0 unspecified atom stereocenters. The molecule has 2 aromatic carbocycles. The molecule has 47 heavy (non-hydrogen) atoms. The summed E-state index contributed by atoms with van der Waals surface area (Å²) in [4.78, 5) is 49.6. The number of halogens is 1. The monoisotopic (exact) mass is 662 g/mol. The quantitative estimate of drug-likeness (QED) is 0.359. The third-order valence-corrected chi connectivity index (χ3v) is 11.3. The van der Waals surface area contributed by atoms with Gasteiger partial charge in [0.05, 0.1) is 16.6 Å². The first-order valence-corrected chi connectivity index (χ1v) is 18.2. The normalized spacial score (nSPS) is 20.8. The van der Waals surface area contributed by atoms with Crippen LogP contribution in [-0.4, -0.2) is 95.3 Å². The predicted octanol–water partition coefficient (Wildman–Crippen LogP) is 5.59. The summed E-state index contributed by atoms with van der Waals surface area (Å²) in [5, 5.41) is 3.58. The Morgan fingerprint density at radius 3 is 2.32 bits per heavy atom. The largest absolute Gasteiger partial charge is 0.397 e. The molecule has 0 aliphatic carbocycles. The van der Waals surface area contributed by atoms with Crippen molar-refractivity contribution in [2.24, 2.45) is 5.92 Å². The molecular weight excluding hydrogens is 612 g/mol. The van der Waals surface area contributed by atoms with Crippen molar-refractivity contribution in [1.29, 1.82) is 0 Å². The van der Waals surface area contributed by atoms with Crippen molar-refractivity contribution >= 4 is 40.8 Å². The molecule has 4 amide bonds. The highest BCUT2D eigenvalue weighted by atomic mass is 35.5. The number of carbonyl (C=O) groups excluding carboxylic acids is 3. The van der Waals surface area contributed by atoms with Crippen LogP contribution in [0.25, 0.3) is 0 Å². The van der Waals surface area contributed by atoms with E-state index in [4.69, 9.17) is 17.3 Å². The number of urea groups is 1. The van der Waals surface area contributed by atoms with Crippen molar-refractivity contribution in [3.8, 4) is 0 Å². The van der Waals surface area contributed by atoms with Crippen molar-refractivity contribution in [2.45, 2.75) is 89.6 Å². The summed E-state index contributed by atoms with van der Waals surface area (Å²) >= 11 is 6.52. The summed E-state index contributed by atoms with van der Waals surface area (Å²) in [5.41, 5.74) is 10.8. The van der Waals surface area contributed by atoms with Gasteiger partial charge in [-0.2, -0.15) is 0 Å². The molecule has 0 aromatic heterocycles. The Morgan fingerprint density at radius 1 is 0.915 bits per heavy atom. The highest BCUT2D eigenvalue weighted by Gasteiger charge is 2.35. The zero-order valence-corrected chi connectivity index (χ0v) is 28.6. The number of amides is 4. The summed E-state index contributed by atoms with van der Waals surface area (Å²) in [6.45, 7) is 7.67. The lowest BCUT2D eigenvalue weighted by molar-refractivity contribution is -0.143. The number of piperidine rings is 3. The third-order valence-electron chi connectivity index (χ3n) is 11.0. The molecule has 0 spiro atoms. The van der Waals surface area contributed by atoms with E-state index in [1.165, 1.54) is 32.4 Å². The summed E-state index contributed by atoms with van der Waals surface area (Å²) < 4.78 is 0. The number of likely N-dealkylation sites (tertiary alicyclic amines) is 3. The van der Waals surface area contributed by atoms with E-state index in [1.54, 1.807) is 0 Å². The topological polar surface area (TPSA) is 102 Å². The minimum Gasteiger partial charge on any atom is -0.397 e. The van der Waals surface area contributed by atoms with E-state index in [1.807, 2.05) is 52.0 Å². The number of rotatable bonds is 8. The lowest BCUT2D eigenvalue weighted by atomic mass is 9.90. The fourth-order valence-corrected chi connectivity index (χ4v) is 8.44. The Bertz CT molecular complexity index is 1430. The molecular formula is C37H51ClN6O3. The van der Waals surface area contributed by atoms with E-state index in [0.29, 0.717) is 42.8 Å². The number of nitrogens with two attached hydrogens (primary N) is 1. The van der Waals surface area contributed by atoms with Crippen LogP contribution < -0.4 is 11.1 Å². The number of carbonyl (C=O) groups is 3. The molecule has 0 radical (unpaired) electrons. The second-order valence-electron chi connectivity index (χ2n) is 13.9. The molecule has 2 aromatic rings. The van der Waals surface area contributed by atoms with E-state index >= 15 is 0 Å². The van der Waals surface area contributed by atoms with Gasteiger partial charge in [-0.25, -0.2) is 4.79 Å². The maximum atomic E-state index is 14.2. The lowest BCUT2D eigenvalue weighted by Crippen LogP contribution is -2.51. The second-order valence-corrected chi connectivity index (χ2v) is 14.3. The van der Waals surface area contributed by atoms with Gasteiger partial charge in [0.15, 0.2) is 0 Å². The van der Waals surface area contributed by atoms with Gasteiger partial charge in [-0.05, 0) is 99.7 Å². The summed E-state index contributed by atoms with van der Waals surface area (Å²) in [6, 6.07) is 12.4. The van der Waals surface area contributed by atoms with E-state index in [0.717, 1.165) is 74.0 Å². The molecule has 3 N–H and O–H groups in total. The molecule has 0 saturated carbocycles. The van der Waals surface area contributed by atoms with Gasteiger partial charge in [0.25, 0.3) is 0 Å². The first kappa shape index (κ1) is 33.6. The first-order chi connectivity index (χ1) is 22.8. The summed E-state index contributed by atoms with van der Waals surface area (Å²) in [5.74, 6) is -0.391. The van der Waals surface area contributed by atoms with Crippen molar-refractivity contribution in [3.05, 3.63) is 58.1 Å². The molecule has 6 rings (SSSR count). The third kappa shape index (κ3) is 7.89. The second kappa shape index (κ2) is 15.3. The predicted molar refractivity (Wildman–Crippen MR) is 188 cm³/mol. The van der Waals surface area contributed by atoms with Crippen molar-refractivity contribution in [2.75, 3.05) is 56.9 Å². The summed E-state index contributed by atoms with van der Waals surface area (Å²) in [6.07, 6.45) is 9.46. The van der Waals surface area contributed by atoms with Gasteiger partial charge in [0.1, 0.15) is 0 Å². The molecule has 10 heteroatoms. The lowest BCUT2D eigenvalue weighted by Gasteiger charge is -2.41. The minimum absolute atomic E-state index is 0.00924. The molecule has 9 nitrogen and oxygen atoms in total. The van der Waals surface area contributed by atoms with Gasteiger partial charge >= 0.3 is 6.03 Å². The standard InChI is InChI=1S/C37H51ClN6O3/c1-2-27-22-26(24-32(38)35(27)39)23-29(36(46)43-19-11-30(12-20-43)41-15-6-3-7-16-41)25-34(45)42-17-13-31(14-18-42)44-21-10-28-8-4-5-9-33(28)40-37(44)47/h4-5,8-9,22,24,29-31H,2-3,6-7,10-21,23,25,39H2,1H3,(H,40,47)/t29-/m0/s1. The first-order valence-electron chi connectivity index (χ1n) is 17.8. The van der Waals surface area contributed by atoms with Crippen LogP contribution in [0.5, 0.6) is 0 Å². The van der Waals surface area contributed by atoms with Crippen molar-refractivity contribution in [3.63, 3.8) is 0 Å². The number of anilines is 2. The highest BCUT2D eigenvalue weighted by Crippen LogP contribution is 2.30. The average Bonchev–Trinajstić information content (AvgIpc) is 3.27. The Balaban J connectivity index is 1.10. The van der Waals surface area contributed by atoms with Crippen LogP contribution in [0.1, 0.15) is 75.0 Å². The van der Waals surface area contributed by atoms with Gasteiger partial charge in [-0.1, -0.05) is 49.2 Å². The van der Waals surface area contributed by atoms with Crippen LogP contribution in [-0.2, 0) is 28.9 Å². The highest BCUT2D eigenvalue weighted by molar-refractivity contribution is 6.33. The molecule has 254 valence electrons. The SMILES string of the molecule is CCc1cc(C[C@@H](CC(=O)N2CCC(N3CCc4ccccc4NC3=O)CC2)C(=O)N2CCC(N3CCCCC3)CC2)cc(Cl)c1N. The number of benzene rings is 2. The number of aryl methyl sites for hydroxylation is 1.